The number of para-hydroxylation sites is 1. The third-order valence-corrected chi connectivity index (χ3v) is 3.98. The summed E-state index contributed by atoms with van der Waals surface area (Å²) >= 11 is 3.55. The molecule has 1 nitrogen and oxygen atoms in total. The molecule has 0 aliphatic carbocycles. The van der Waals surface area contributed by atoms with Gasteiger partial charge in [0.15, 0.2) is 0 Å². The third-order valence-electron chi connectivity index (χ3n) is 3.50. The van der Waals surface area contributed by atoms with Crippen molar-refractivity contribution in [3.63, 3.8) is 0 Å². The molecule has 0 spiro atoms. The van der Waals surface area contributed by atoms with Gasteiger partial charge in [-0.05, 0) is 23.6 Å². The minimum Gasteiger partial charge on any atom is -0.344 e. The average molecular weight is 332 g/mol. The van der Waals surface area contributed by atoms with E-state index in [1.54, 1.807) is 6.07 Å². The molecule has 0 unspecified atom stereocenters. The summed E-state index contributed by atoms with van der Waals surface area (Å²) in [6.07, 6.45) is 3.65. The summed E-state index contributed by atoms with van der Waals surface area (Å²) in [4.78, 5) is 2.01. The highest BCUT2D eigenvalue weighted by Crippen LogP contribution is 2.33. The first-order valence-electron chi connectivity index (χ1n) is 6.68. The molecule has 0 saturated carbocycles. The molecule has 0 fully saturated rings. The monoisotopic (exact) mass is 331 g/mol. The number of anilines is 1. The van der Waals surface area contributed by atoms with Crippen LogP contribution in [0.3, 0.4) is 0 Å². The summed E-state index contributed by atoms with van der Waals surface area (Å²) in [7, 11) is 0. The maximum absolute atomic E-state index is 14.1. The van der Waals surface area contributed by atoms with Crippen molar-refractivity contribution < 1.29 is 4.39 Å². The van der Waals surface area contributed by atoms with E-state index in [2.05, 4.69) is 28.1 Å². The van der Waals surface area contributed by atoms with Crippen LogP contribution in [0.1, 0.15) is 11.1 Å². The van der Waals surface area contributed by atoms with E-state index < -0.39 is 0 Å². The second kappa shape index (κ2) is 5.80. The van der Waals surface area contributed by atoms with Crippen LogP contribution < -0.4 is 4.90 Å². The van der Waals surface area contributed by atoms with Crippen LogP contribution in [0.5, 0.6) is 0 Å². The van der Waals surface area contributed by atoms with Gasteiger partial charge in [0.1, 0.15) is 5.82 Å². The smallest absolute Gasteiger partial charge is 0.147 e. The molecular weight excluding hydrogens is 317 g/mol. The van der Waals surface area contributed by atoms with Crippen molar-refractivity contribution in [2.75, 3.05) is 11.4 Å². The van der Waals surface area contributed by atoms with Gasteiger partial charge in [0.05, 0.1) is 5.69 Å². The second-order valence-corrected chi connectivity index (χ2v) is 5.95. The zero-order valence-corrected chi connectivity index (χ0v) is 12.6. The summed E-state index contributed by atoms with van der Waals surface area (Å²) in [5.74, 6) is -0.146. The summed E-state index contributed by atoms with van der Waals surface area (Å²) < 4.78 is 15.2. The molecule has 1 aliphatic rings. The molecule has 0 aromatic heterocycles. The fourth-order valence-electron chi connectivity index (χ4n) is 2.56. The van der Waals surface area contributed by atoms with Crippen LogP contribution in [-0.4, -0.2) is 6.54 Å². The van der Waals surface area contributed by atoms with Crippen LogP contribution in [0.15, 0.2) is 59.2 Å². The summed E-state index contributed by atoms with van der Waals surface area (Å²) in [5, 5.41) is 0. The number of rotatable bonds is 3. The van der Waals surface area contributed by atoms with E-state index in [9.17, 15) is 4.39 Å². The lowest BCUT2D eigenvalue weighted by atomic mass is 10.0. The molecule has 0 amide bonds. The number of halogens is 2. The Bertz CT molecular complexity index is 637. The number of hydrogen-bond acceptors (Lipinski definition) is 1. The number of nitrogens with zero attached hydrogens (tertiary/aromatic N) is 1. The molecule has 1 aliphatic heterocycles. The van der Waals surface area contributed by atoms with Crippen molar-refractivity contribution in [1.82, 2.24) is 0 Å². The molecular formula is C17H15BrFN. The molecule has 0 saturated heterocycles. The topological polar surface area (TPSA) is 3.24 Å². The first kappa shape index (κ1) is 13.4. The van der Waals surface area contributed by atoms with Gasteiger partial charge in [-0.3, -0.25) is 0 Å². The van der Waals surface area contributed by atoms with E-state index in [1.165, 1.54) is 11.6 Å². The minimum absolute atomic E-state index is 0.146. The molecule has 102 valence electrons. The average Bonchev–Trinajstić information content (AvgIpc) is 2.45. The van der Waals surface area contributed by atoms with E-state index >= 15 is 0 Å². The molecule has 2 aromatic carbocycles. The Morgan fingerprint density at radius 1 is 1.05 bits per heavy atom. The van der Waals surface area contributed by atoms with Gasteiger partial charge in [-0.2, -0.15) is 0 Å². The Balaban J connectivity index is 1.84. The molecule has 2 aromatic rings. The number of benzene rings is 2. The van der Waals surface area contributed by atoms with Gasteiger partial charge >= 0.3 is 0 Å². The molecule has 20 heavy (non-hydrogen) atoms. The molecule has 3 rings (SSSR count). The van der Waals surface area contributed by atoms with E-state index in [0.29, 0.717) is 5.69 Å². The second-order valence-electron chi connectivity index (χ2n) is 4.93. The number of hydrogen-bond donors (Lipinski definition) is 0. The van der Waals surface area contributed by atoms with Crippen LogP contribution in [0.25, 0.3) is 0 Å². The van der Waals surface area contributed by atoms with Crippen LogP contribution >= 0.6 is 15.9 Å². The zero-order valence-electron chi connectivity index (χ0n) is 11.0. The molecule has 3 heteroatoms. The lowest BCUT2D eigenvalue weighted by Crippen LogP contribution is -2.25. The van der Waals surface area contributed by atoms with Crippen molar-refractivity contribution in [2.45, 2.75) is 12.8 Å². The highest BCUT2D eigenvalue weighted by molar-refractivity contribution is 9.11. The number of fused-ring (bicyclic) bond motifs is 1. The van der Waals surface area contributed by atoms with Crippen LogP contribution in [0.4, 0.5) is 10.1 Å². The summed E-state index contributed by atoms with van der Waals surface area (Å²) in [6, 6.07) is 15.6. The Labute approximate surface area is 126 Å². The van der Waals surface area contributed by atoms with Crippen LogP contribution in [0.2, 0.25) is 0 Å². The van der Waals surface area contributed by atoms with Crippen molar-refractivity contribution in [2.24, 2.45) is 0 Å². The predicted octanol–water partition coefficient (Wildman–Crippen LogP) is 4.67. The van der Waals surface area contributed by atoms with Gasteiger partial charge in [0, 0.05) is 23.6 Å². The fourth-order valence-corrected chi connectivity index (χ4v) is 3.11. The van der Waals surface area contributed by atoms with Crippen LogP contribution in [0, 0.1) is 5.82 Å². The first-order chi connectivity index (χ1) is 9.74. The lowest BCUT2D eigenvalue weighted by Gasteiger charge is -2.28. The molecule has 0 N–H and O–H groups in total. The molecule has 1 heterocycles. The Hall–Kier alpha value is -1.61. The Morgan fingerprint density at radius 2 is 1.85 bits per heavy atom. The van der Waals surface area contributed by atoms with E-state index in [0.717, 1.165) is 29.4 Å². The fraction of sp³-hybridized carbons (Fsp3) is 0.176. The normalized spacial score (nSPS) is 13.9. The van der Waals surface area contributed by atoms with E-state index in [1.807, 2.05) is 35.4 Å². The first-order valence-corrected chi connectivity index (χ1v) is 7.47. The number of allylic oxidation sites excluding steroid dienone is 1. The van der Waals surface area contributed by atoms with Gasteiger partial charge < -0.3 is 4.90 Å². The van der Waals surface area contributed by atoms with Gasteiger partial charge in [-0.25, -0.2) is 4.39 Å². The van der Waals surface area contributed by atoms with Gasteiger partial charge in [-0.1, -0.05) is 58.4 Å². The SMILES string of the molecule is Fc1cccc2c1N(CCc1ccccc1)C=C(Br)C2. The highest BCUT2D eigenvalue weighted by Gasteiger charge is 2.19. The van der Waals surface area contributed by atoms with E-state index in [4.69, 9.17) is 0 Å². The summed E-state index contributed by atoms with van der Waals surface area (Å²) in [6.45, 7) is 0.771. The van der Waals surface area contributed by atoms with Crippen molar-refractivity contribution in [1.29, 1.82) is 0 Å². The molecule has 0 bridgehead atoms. The van der Waals surface area contributed by atoms with E-state index in [-0.39, 0.29) is 5.82 Å². The van der Waals surface area contributed by atoms with Gasteiger partial charge in [-0.15, -0.1) is 0 Å². The lowest BCUT2D eigenvalue weighted by molar-refractivity contribution is 0.621. The molecule has 0 atom stereocenters. The minimum atomic E-state index is -0.146. The maximum Gasteiger partial charge on any atom is 0.147 e. The molecule has 0 radical (unpaired) electrons. The van der Waals surface area contributed by atoms with Crippen molar-refractivity contribution in [3.05, 3.63) is 76.2 Å². The van der Waals surface area contributed by atoms with Crippen molar-refractivity contribution >= 4 is 21.6 Å². The Kier molecular flexibility index (Phi) is 3.88. The largest absolute Gasteiger partial charge is 0.344 e. The summed E-state index contributed by atoms with van der Waals surface area (Å²) in [5.41, 5.74) is 3.01. The highest BCUT2D eigenvalue weighted by atomic mass is 79.9. The van der Waals surface area contributed by atoms with Crippen molar-refractivity contribution in [3.8, 4) is 0 Å². The van der Waals surface area contributed by atoms with Gasteiger partial charge in [0.25, 0.3) is 0 Å². The maximum atomic E-state index is 14.1. The predicted molar refractivity (Wildman–Crippen MR) is 84.6 cm³/mol. The standard InChI is InChI=1S/C17H15BrFN/c18-15-11-14-7-4-8-16(19)17(14)20(12-15)10-9-13-5-2-1-3-6-13/h1-8,12H,9-11H2. The van der Waals surface area contributed by atoms with Crippen LogP contribution in [-0.2, 0) is 12.8 Å². The Morgan fingerprint density at radius 3 is 2.65 bits per heavy atom. The quantitative estimate of drug-likeness (QED) is 0.790. The zero-order chi connectivity index (χ0) is 13.9. The van der Waals surface area contributed by atoms with Gasteiger partial charge in [0.2, 0.25) is 0 Å². The third kappa shape index (κ3) is 2.78.